The molecule has 3 aromatic rings. The molecule has 146 valence electrons. The number of piperidine rings is 1. The van der Waals surface area contributed by atoms with Gasteiger partial charge in [0.1, 0.15) is 5.75 Å². The van der Waals surface area contributed by atoms with Crippen molar-refractivity contribution in [3.05, 3.63) is 52.5 Å². The Balaban J connectivity index is 1.35. The van der Waals surface area contributed by atoms with Gasteiger partial charge in [-0.25, -0.2) is 0 Å². The molecule has 0 aliphatic carbocycles. The monoisotopic (exact) mass is 397 g/mol. The summed E-state index contributed by atoms with van der Waals surface area (Å²) in [6.07, 6.45) is 3.17. The van der Waals surface area contributed by atoms with Crippen molar-refractivity contribution in [3.8, 4) is 17.1 Å². The van der Waals surface area contributed by atoms with Crippen LogP contribution in [-0.2, 0) is 17.6 Å². The molecule has 0 bridgehead atoms. The van der Waals surface area contributed by atoms with E-state index in [1.54, 1.807) is 18.4 Å². The Hall–Kier alpha value is -2.67. The van der Waals surface area contributed by atoms with Crippen molar-refractivity contribution in [1.82, 2.24) is 15.0 Å². The molecule has 0 spiro atoms. The largest absolute Gasteiger partial charge is 0.497 e. The van der Waals surface area contributed by atoms with Crippen molar-refractivity contribution in [1.29, 1.82) is 0 Å². The third-order valence-electron chi connectivity index (χ3n) is 5.07. The molecule has 2 aromatic heterocycles. The molecule has 4 rings (SSSR count). The van der Waals surface area contributed by atoms with Gasteiger partial charge in [0, 0.05) is 30.5 Å². The molecule has 1 fully saturated rings. The highest BCUT2D eigenvalue weighted by molar-refractivity contribution is 7.08. The number of methoxy groups -OCH3 is 1. The number of thiophene rings is 1. The number of carbonyl (C=O) groups is 1. The first-order valence-corrected chi connectivity index (χ1v) is 10.4. The summed E-state index contributed by atoms with van der Waals surface area (Å²) in [4.78, 5) is 19.2. The zero-order valence-electron chi connectivity index (χ0n) is 15.8. The maximum atomic E-state index is 12.8. The maximum absolute atomic E-state index is 12.8. The number of rotatable bonds is 6. The van der Waals surface area contributed by atoms with Gasteiger partial charge >= 0.3 is 0 Å². The lowest BCUT2D eigenvalue weighted by Gasteiger charge is -2.32. The van der Waals surface area contributed by atoms with Crippen LogP contribution in [0.1, 0.15) is 24.3 Å². The molecule has 1 unspecified atom stereocenters. The Morgan fingerprint density at radius 2 is 2.32 bits per heavy atom. The second-order valence-electron chi connectivity index (χ2n) is 7.10. The van der Waals surface area contributed by atoms with E-state index in [1.807, 2.05) is 46.0 Å². The third kappa shape index (κ3) is 4.42. The lowest BCUT2D eigenvalue weighted by atomic mass is 9.94. The highest BCUT2D eigenvalue weighted by Crippen LogP contribution is 2.24. The Labute approximate surface area is 168 Å². The quantitative estimate of drug-likeness (QED) is 0.632. The van der Waals surface area contributed by atoms with Crippen molar-refractivity contribution >= 4 is 17.2 Å². The van der Waals surface area contributed by atoms with Crippen LogP contribution in [0, 0.1) is 5.92 Å². The fourth-order valence-electron chi connectivity index (χ4n) is 3.62. The molecule has 28 heavy (non-hydrogen) atoms. The number of nitrogens with zero attached hydrogens (tertiary/aromatic N) is 3. The van der Waals surface area contributed by atoms with E-state index >= 15 is 0 Å². The van der Waals surface area contributed by atoms with Crippen molar-refractivity contribution in [3.63, 3.8) is 0 Å². The summed E-state index contributed by atoms with van der Waals surface area (Å²) in [5.74, 6) is 2.56. The van der Waals surface area contributed by atoms with Crippen LogP contribution < -0.4 is 4.74 Å². The lowest BCUT2D eigenvalue weighted by molar-refractivity contribution is -0.132. The van der Waals surface area contributed by atoms with Gasteiger partial charge in [-0.15, -0.1) is 0 Å². The van der Waals surface area contributed by atoms with Gasteiger partial charge in [-0.3, -0.25) is 4.79 Å². The van der Waals surface area contributed by atoms with E-state index in [-0.39, 0.29) is 5.91 Å². The van der Waals surface area contributed by atoms with E-state index in [0.717, 1.165) is 42.8 Å². The predicted molar refractivity (Wildman–Crippen MR) is 107 cm³/mol. The van der Waals surface area contributed by atoms with Crippen LogP contribution in [0.15, 0.2) is 45.6 Å². The minimum absolute atomic E-state index is 0.155. The summed E-state index contributed by atoms with van der Waals surface area (Å²) in [5, 5.41) is 8.09. The fraction of sp³-hybridized carbons (Fsp3) is 0.381. The molecule has 0 N–H and O–H groups in total. The number of benzene rings is 1. The van der Waals surface area contributed by atoms with E-state index < -0.39 is 0 Å². The normalized spacial score (nSPS) is 16.9. The smallest absolute Gasteiger partial charge is 0.227 e. The van der Waals surface area contributed by atoms with Crippen molar-refractivity contribution in [2.24, 2.45) is 5.92 Å². The summed E-state index contributed by atoms with van der Waals surface area (Å²) < 4.78 is 10.7. The number of hydrogen-bond acceptors (Lipinski definition) is 6. The summed E-state index contributed by atoms with van der Waals surface area (Å²) in [7, 11) is 1.64. The van der Waals surface area contributed by atoms with Crippen LogP contribution in [0.4, 0.5) is 0 Å². The number of ether oxygens (including phenoxy) is 1. The van der Waals surface area contributed by atoms with Gasteiger partial charge in [-0.2, -0.15) is 16.3 Å². The SMILES string of the molecule is COc1cccc(CC(=O)N2CCCC(Cc3nc(-c4ccsc4)no3)C2)c1. The van der Waals surface area contributed by atoms with Crippen LogP contribution >= 0.6 is 11.3 Å². The number of amides is 1. The first-order valence-electron chi connectivity index (χ1n) is 9.47. The van der Waals surface area contributed by atoms with E-state index in [0.29, 0.717) is 30.5 Å². The van der Waals surface area contributed by atoms with Crippen LogP contribution in [0.3, 0.4) is 0 Å². The fourth-order valence-corrected chi connectivity index (χ4v) is 4.26. The van der Waals surface area contributed by atoms with Gasteiger partial charge in [0.15, 0.2) is 0 Å². The molecule has 1 amide bonds. The number of likely N-dealkylation sites (tertiary alicyclic amines) is 1. The van der Waals surface area contributed by atoms with Crippen molar-refractivity contribution < 1.29 is 14.1 Å². The molecule has 1 saturated heterocycles. The van der Waals surface area contributed by atoms with E-state index in [1.165, 1.54) is 0 Å². The zero-order valence-corrected chi connectivity index (χ0v) is 16.7. The highest BCUT2D eigenvalue weighted by Gasteiger charge is 2.25. The topological polar surface area (TPSA) is 68.5 Å². The minimum atomic E-state index is 0.155. The van der Waals surface area contributed by atoms with Crippen LogP contribution in [0.5, 0.6) is 5.75 Å². The van der Waals surface area contributed by atoms with Crippen molar-refractivity contribution in [2.75, 3.05) is 20.2 Å². The molecular weight excluding hydrogens is 374 g/mol. The molecule has 1 atom stereocenters. The summed E-state index contributed by atoms with van der Waals surface area (Å²) >= 11 is 1.61. The molecule has 1 aliphatic heterocycles. The second-order valence-corrected chi connectivity index (χ2v) is 7.88. The van der Waals surface area contributed by atoms with E-state index in [2.05, 4.69) is 10.1 Å². The van der Waals surface area contributed by atoms with Gasteiger partial charge < -0.3 is 14.2 Å². The summed E-state index contributed by atoms with van der Waals surface area (Å²) in [6, 6.07) is 9.68. The summed E-state index contributed by atoms with van der Waals surface area (Å²) in [6.45, 7) is 1.54. The lowest BCUT2D eigenvalue weighted by Crippen LogP contribution is -2.41. The van der Waals surface area contributed by atoms with E-state index in [4.69, 9.17) is 9.26 Å². The molecule has 1 aliphatic rings. The molecule has 0 radical (unpaired) electrons. The predicted octanol–water partition coefficient (Wildman–Crippen LogP) is 3.83. The second kappa shape index (κ2) is 8.56. The summed E-state index contributed by atoms with van der Waals surface area (Å²) in [5.41, 5.74) is 1.96. The first-order chi connectivity index (χ1) is 13.7. The van der Waals surface area contributed by atoms with Gasteiger partial charge in [-0.1, -0.05) is 17.3 Å². The van der Waals surface area contributed by atoms with Gasteiger partial charge in [0.2, 0.25) is 17.6 Å². The zero-order chi connectivity index (χ0) is 19.3. The Morgan fingerprint density at radius 3 is 3.14 bits per heavy atom. The Bertz CT molecular complexity index is 923. The third-order valence-corrected chi connectivity index (χ3v) is 5.76. The Morgan fingerprint density at radius 1 is 1.39 bits per heavy atom. The van der Waals surface area contributed by atoms with Gasteiger partial charge in [0.05, 0.1) is 13.5 Å². The molecule has 3 heterocycles. The molecule has 7 heteroatoms. The molecular formula is C21H23N3O3S. The van der Waals surface area contributed by atoms with Crippen molar-refractivity contribution in [2.45, 2.75) is 25.7 Å². The average Bonchev–Trinajstić information content (AvgIpc) is 3.40. The number of carbonyl (C=O) groups excluding carboxylic acids is 1. The molecule has 1 aromatic carbocycles. The molecule has 0 saturated carbocycles. The van der Waals surface area contributed by atoms with Crippen LogP contribution in [0.2, 0.25) is 0 Å². The van der Waals surface area contributed by atoms with Gasteiger partial charge in [-0.05, 0) is 47.9 Å². The number of aromatic nitrogens is 2. The maximum Gasteiger partial charge on any atom is 0.227 e. The minimum Gasteiger partial charge on any atom is -0.497 e. The number of hydrogen-bond donors (Lipinski definition) is 0. The van der Waals surface area contributed by atoms with E-state index in [9.17, 15) is 4.79 Å². The highest BCUT2D eigenvalue weighted by atomic mass is 32.1. The standard InChI is InChI=1S/C21H23N3O3S/c1-26-18-6-2-4-15(10-18)12-20(25)24-8-3-5-16(13-24)11-19-22-21(23-27-19)17-7-9-28-14-17/h2,4,6-7,9-10,14,16H,3,5,8,11-13H2,1H3. The van der Waals surface area contributed by atoms with Crippen LogP contribution in [0.25, 0.3) is 11.4 Å². The Kier molecular flexibility index (Phi) is 5.71. The van der Waals surface area contributed by atoms with Gasteiger partial charge in [0.25, 0.3) is 0 Å². The first kappa shape index (κ1) is 18.7. The average molecular weight is 398 g/mol. The molecule has 6 nitrogen and oxygen atoms in total. The van der Waals surface area contributed by atoms with Crippen LogP contribution in [-0.4, -0.2) is 41.1 Å².